The lowest BCUT2D eigenvalue weighted by Gasteiger charge is -2.42. The smallest absolute Gasteiger partial charge is 0.312 e. The van der Waals surface area contributed by atoms with E-state index in [2.05, 4.69) is 12.6 Å². The first-order valence-corrected chi connectivity index (χ1v) is 7.52. The molecular weight excluding hydrogens is 264 g/mol. The number of hydrogen-bond donors (Lipinski definition) is 1. The van der Waals surface area contributed by atoms with Crippen LogP contribution in [0.15, 0.2) is 0 Å². The number of piperazine rings is 1. The van der Waals surface area contributed by atoms with Gasteiger partial charge in [-0.2, -0.15) is 12.6 Å². The van der Waals surface area contributed by atoms with Crippen molar-refractivity contribution in [3.8, 4) is 0 Å². The van der Waals surface area contributed by atoms with E-state index in [-0.39, 0.29) is 17.2 Å². The summed E-state index contributed by atoms with van der Waals surface area (Å²) >= 11 is 4.45. The molecule has 0 bridgehead atoms. The van der Waals surface area contributed by atoms with E-state index in [1.807, 2.05) is 6.92 Å². The summed E-state index contributed by atoms with van der Waals surface area (Å²) in [5.41, 5.74) is 0.00564. The summed E-state index contributed by atoms with van der Waals surface area (Å²) in [7, 11) is 0. The number of rotatable bonds is 4. The summed E-state index contributed by atoms with van der Waals surface area (Å²) in [5.74, 6) is 0.00196. The van der Waals surface area contributed by atoms with Gasteiger partial charge in [0.2, 0.25) is 0 Å². The van der Waals surface area contributed by atoms with Crippen molar-refractivity contribution in [2.24, 2.45) is 5.41 Å². The van der Waals surface area contributed by atoms with E-state index >= 15 is 0 Å². The molecule has 2 heterocycles. The molecule has 6 heteroatoms. The van der Waals surface area contributed by atoms with Gasteiger partial charge in [0.25, 0.3) is 0 Å². The van der Waals surface area contributed by atoms with Crippen LogP contribution >= 0.6 is 12.6 Å². The molecule has 2 amide bonds. The minimum absolute atomic E-state index is 0.00564. The first kappa shape index (κ1) is 14.7. The van der Waals surface area contributed by atoms with Gasteiger partial charge in [0, 0.05) is 44.8 Å². The molecule has 0 radical (unpaired) electrons. The highest BCUT2D eigenvalue weighted by molar-refractivity contribution is 7.80. The van der Waals surface area contributed by atoms with Gasteiger partial charge in [0.05, 0.1) is 0 Å². The largest absolute Gasteiger partial charge is 0.381 e. The van der Waals surface area contributed by atoms with E-state index in [1.54, 1.807) is 9.80 Å². The lowest BCUT2D eigenvalue weighted by Crippen LogP contribution is -2.57. The van der Waals surface area contributed by atoms with Crippen LogP contribution in [-0.4, -0.2) is 66.8 Å². The minimum Gasteiger partial charge on any atom is -0.381 e. The highest BCUT2D eigenvalue weighted by Gasteiger charge is 2.39. The average Bonchev–Trinajstić information content (AvgIpc) is 2.45. The van der Waals surface area contributed by atoms with E-state index < -0.39 is 0 Å². The molecule has 0 aromatic rings. The minimum atomic E-state index is -0.366. The average molecular weight is 286 g/mol. The Kier molecular flexibility index (Phi) is 4.73. The zero-order valence-electron chi connectivity index (χ0n) is 11.4. The fraction of sp³-hybridized carbons (Fsp3) is 0.846. The van der Waals surface area contributed by atoms with E-state index in [1.165, 1.54) is 0 Å². The quantitative estimate of drug-likeness (QED) is 0.601. The lowest BCUT2D eigenvalue weighted by molar-refractivity contribution is -0.157. The Balaban J connectivity index is 2.02. The van der Waals surface area contributed by atoms with Gasteiger partial charge in [-0.25, -0.2) is 0 Å². The third-order valence-corrected chi connectivity index (χ3v) is 4.86. The summed E-state index contributed by atoms with van der Waals surface area (Å²) in [6, 6.07) is 0. The van der Waals surface area contributed by atoms with Crippen LogP contribution in [0.4, 0.5) is 0 Å². The van der Waals surface area contributed by atoms with Crippen molar-refractivity contribution in [1.82, 2.24) is 9.80 Å². The SMILES string of the molecule is CCN1CCN(CC2(CS)CCOCC2)C(=O)C1=O. The van der Waals surface area contributed by atoms with Crippen molar-refractivity contribution in [3.05, 3.63) is 0 Å². The molecule has 0 aromatic heterocycles. The van der Waals surface area contributed by atoms with Crippen molar-refractivity contribution in [1.29, 1.82) is 0 Å². The molecule has 2 aliphatic rings. The molecule has 0 atom stereocenters. The Morgan fingerprint density at radius 1 is 1.16 bits per heavy atom. The van der Waals surface area contributed by atoms with Crippen LogP contribution in [0.5, 0.6) is 0 Å². The predicted molar refractivity (Wildman–Crippen MR) is 75.2 cm³/mol. The van der Waals surface area contributed by atoms with Crippen molar-refractivity contribution in [2.75, 3.05) is 45.1 Å². The third-order valence-electron chi connectivity index (χ3n) is 4.19. The maximum absolute atomic E-state index is 12.1. The second kappa shape index (κ2) is 6.13. The number of nitrogens with zero attached hydrogens (tertiary/aromatic N) is 2. The van der Waals surface area contributed by atoms with Crippen molar-refractivity contribution in [3.63, 3.8) is 0 Å². The van der Waals surface area contributed by atoms with Crippen LogP contribution in [0.3, 0.4) is 0 Å². The Bertz CT molecular complexity index is 356. The van der Waals surface area contributed by atoms with Crippen LogP contribution in [0.1, 0.15) is 19.8 Å². The normalized spacial score (nSPS) is 23.9. The zero-order valence-corrected chi connectivity index (χ0v) is 12.3. The van der Waals surface area contributed by atoms with Crippen molar-refractivity contribution < 1.29 is 14.3 Å². The van der Waals surface area contributed by atoms with Gasteiger partial charge >= 0.3 is 11.8 Å². The number of likely N-dealkylation sites (N-methyl/N-ethyl adjacent to an activating group) is 1. The molecule has 0 spiro atoms. The topological polar surface area (TPSA) is 49.9 Å². The lowest BCUT2D eigenvalue weighted by atomic mass is 9.81. The molecule has 2 fully saturated rings. The van der Waals surface area contributed by atoms with Crippen LogP contribution in [0.25, 0.3) is 0 Å². The summed E-state index contributed by atoms with van der Waals surface area (Å²) in [5, 5.41) is 0. The molecule has 0 aliphatic carbocycles. The number of carbonyl (C=O) groups is 2. The monoisotopic (exact) mass is 286 g/mol. The fourth-order valence-corrected chi connectivity index (χ4v) is 3.16. The van der Waals surface area contributed by atoms with Gasteiger partial charge in [-0.3, -0.25) is 9.59 Å². The standard InChI is InChI=1S/C13H22N2O3S/c1-2-14-5-6-15(12(17)11(14)16)9-13(10-19)3-7-18-8-4-13/h19H,2-10H2,1H3. The summed E-state index contributed by atoms with van der Waals surface area (Å²) < 4.78 is 5.39. The zero-order chi connectivity index (χ0) is 13.9. The third kappa shape index (κ3) is 3.05. The second-order valence-electron chi connectivity index (χ2n) is 5.38. The van der Waals surface area contributed by atoms with Gasteiger partial charge in [-0.05, 0) is 25.5 Å². The van der Waals surface area contributed by atoms with E-state index in [9.17, 15) is 9.59 Å². The van der Waals surface area contributed by atoms with E-state index in [4.69, 9.17) is 4.74 Å². The van der Waals surface area contributed by atoms with Gasteiger partial charge in [0.15, 0.2) is 0 Å². The maximum Gasteiger partial charge on any atom is 0.312 e. The summed E-state index contributed by atoms with van der Waals surface area (Å²) in [6.07, 6.45) is 1.82. The van der Waals surface area contributed by atoms with E-state index in [0.29, 0.717) is 26.2 Å². The first-order valence-electron chi connectivity index (χ1n) is 6.89. The molecule has 108 valence electrons. The van der Waals surface area contributed by atoms with Gasteiger partial charge in [-0.1, -0.05) is 0 Å². The maximum atomic E-state index is 12.1. The Labute approximate surface area is 119 Å². The fourth-order valence-electron chi connectivity index (χ4n) is 2.74. The molecule has 0 N–H and O–H groups in total. The highest BCUT2D eigenvalue weighted by Crippen LogP contribution is 2.33. The van der Waals surface area contributed by atoms with Crippen LogP contribution in [0.2, 0.25) is 0 Å². The number of thiol groups is 1. The van der Waals surface area contributed by atoms with Crippen LogP contribution < -0.4 is 0 Å². The molecular formula is C13H22N2O3S. The van der Waals surface area contributed by atoms with Gasteiger partial charge in [0.1, 0.15) is 0 Å². The molecule has 19 heavy (non-hydrogen) atoms. The second-order valence-corrected chi connectivity index (χ2v) is 5.70. The number of amides is 2. The summed E-state index contributed by atoms with van der Waals surface area (Å²) in [4.78, 5) is 27.3. The van der Waals surface area contributed by atoms with Gasteiger partial charge < -0.3 is 14.5 Å². The summed E-state index contributed by atoms with van der Waals surface area (Å²) in [6.45, 7) is 5.84. The number of carbonyl (C=O) groups excluding carboxylic acids is 2. The molecule has 0 unspecified atom stereocenters. The molecule has 0 aromatic carbocycles. The Morgan fingerprint density at radius 3 is 2.32 bits per heavy atom. The molecule has 0 saturated carbocycles. The number of ether oxygens (including phenoxy) is 1. The first-order chi connectivity index (χ1) is 9.12. The van der Waals surface area contributed by atoms with E-state index in [0.717, 1.165) is 31.8 Å². The van der Waals surface area contributed by atoms with Crippen molar-refractivity contribution in [2.45, 2.75) is 19.8 Å². The molecule has 5 nitrogen and oxygen atoms in total. The molecule has 2 saturated heterocycles. The Hall–Kier alpha value is -0.750. The highest BCUT2D eigenvalue weighted by atomic mass is 32.1. The molecule has 2 aliphatic heterocycles. The predicted octanol–water partition coefficient (Wildman–Crippen LogP) is 0.404. The molecule has 2 rings (SSSR count). The van der Waals surface area contributed by atoms with Crippen molar-refractivity contribution >= 4 is 24.4 Å². The van der Waals surface area contributed by atoms with Crippen LogP contribution in [0, 0.1) is 5.41 Å². The van der Waals surface area contributed by atoms with Crippen LogP contribution in [-0.2, 0) is 14.3 Å². The number of hydrogen-bond acceptors (Lipinski definition) is 4. The Morgan fingerprint density at radius 2 is 1.74 bits per heavy atom. The van der Waals surface area contributed by atoms with Gasteiger partial charge in [-0.15, -0.1) is 0 Å².